The highest BCUT2D eigenvalue weighted by Crippen LogP contribution is 2.50. The van der Waals surface area contributed by atoms with Gasteiger partial charge in [-0.15, -0.1) is 0 Å². The minimum atomic E-state index is -0.923. The van der Waals surface area contributed by atoms with Crippen molar-refractivity contribution in [3.8, 4) is 23.8 Å². The van der Waals surface area contributed by atoms with E-state index in [9.17, 15) is 10.4 Å². The van der Waals surface area contributed by atoms with Crippen molar-refractivity contribution in [2.24, 2.45) is 4.99 Å². The molecule has 2 aromatic rings. The number of rotatable bonds is 2. The lowest BCUT2D eigenvalue weighted by atomic mass is 9.94. The maximum Gasteiger partial charge on any atom is 0.211 e. The average molecular weight is 508 g/mol. The molecule has 0 amide bonds. The summed E-state index contributed by atoms with van der Waals surface area (Å²) in [5.74, 6) is 0.208. The van der Waals surface area contributed by atoms with Gasteiger partial charge in [0.25, 0.3) is 0 Å². The van der Waals surface area contributed by atoms with Crippen molar-refractivity contribution in [1.29, 1.82) is 10.5 Å². The molecule has 10 nitrogen and oxygen atoms in total. The first kappa shape index (κ1) is 19.5. The van der Waals surface area contributed by atoms with E-state index in [4.69, 9.17) is 21.5 Å². The number of fused-ring (bicyclic) bond motifs is 1. The van der Waals surface area contributed by atoms with E-state index in [1.165, 1.54) is 7.11 Å². The Morgan fingerprint density at radius 1 is 1.32 bits per heavy atom. The van der Waals surface area contributed by atoms with Crippen LogP contribution in [-0.4, -0.2) is 23.2 Å². The maximum atomic E-state index is 10.8. The number of pyridine rings is 1. The smallest absolute Gasteiger partial charge is 0.211 e. The molecule has 3 rings (SSSR count). The Labute approximate surface area is 176 Å². The fourth-order valence-electron chi connectivity index (χ4n) is 2.81. The number of aromatic hydroxyl groups is 1. The number of hydrogen-bond acceptors (Lipinski definition) is 10. The number of benzene rings is 1. The number of aromatic nitrogens is 1. The molecule has 0 radical (unpaired) electrons. The molecule has 0 bridgehead atoms. The molecule has 28 heavy (non-hydrogen) atoms. The van der Waals surface area contributed by atoms with E-state index in [1.807, 2.05) is 6.07 Å². The number of anilines is 3. The fourth-order valence-corrected chi connectivity index (χ4v) is 3.75. The second-order valence-corrected chi connectivity index (χ2v) is 7.19. The third-order valence-corrected chi connectivity index (χ3v) is 6.06. The van der Waals surface area contributed by atoms with Gasteiger partial charge in [0.2, 0.25) is 5.96 Å². The molecule has 142 valence electrons. The van der Waals surface area contributed by atoms with E-state index in [-0.39, 0.29) is 40.3 Å². The molecule has 1 aliphatic rings. The largest absolute Gasteiger partial charge is 0.504 e. The number of halogens is 2. The number of nitrogens with zero attached hydrogens (tertiary/aromatic N) is 4. The highest BCUT2D eigenvalue weighted by molar-refractivity contribution is 9.13. The summed E-state index contributed by atoms with van der Waals surface area (Å²) in [6.07, 6.45) is 1.76. The highest BCUT2D eigenvalue weighted by atomic mass is 79.9. The second kappa shape index (κ2) is 7.42. The molecule has 1 aromatic carbocycles. The molecule has 0 spiro atoms. The summed E-state index contributed by atoms with van der Waals surface area (Å²) >= 11 is 6.82. The third-order valence-electron chi connectivity index (χ3n) is 4.04. The molecule has 2 heterocycles. The Hall–Kier alpha value is -3.22. The number of nitrogen functional groups attached to an aromatic ring is 2. The molecule has 0 fully saturated rings. The molecular weight excluding hydrogens is 496 g/mol. The Morgan fingerprint density at radius 3 is 2.64 bits per heavy atom. The summed E-state index contributed by atoms with van der Waals surface area (Å²) in [6, 6.07) is 2.57. The zero-order valence-electron chi connectivity index (χ0n) is 14.2. The number of nitrogens with one attached hydrogen (secondary N) is 2. The number of nitrogens with two attached hydrogens (primary N) is 2. The quantitative estimate of drug-likeness (QED) is 0.301. The minimum Gasteiger partial charge on any atom is -0.504 e. The summed E-state index contributed by atoms with van der Waals surface area (Å²) in [6.45, 7) is 0. The number of phenolic OH excluding ortho intramolecular Hbond substituents is 1. The minimum absolute atomic E-state index is 0.00461. The third kappa shape index (κ3) is 3.02. The van der Waals surface area contributed by atoms with Gasteiger partial charge in [0.05, 0.1) is 12.8 Å². The molecule has 1 aromatic heterocycles. The van der Waals surface area contributed by atoms with E-state index in [0.717, 1.165) is 0 Å². The fraction of sp³-hybridized carbons (Fsp3) is 0.125. The van der Waals surface area contributed by atoms with E-state index in [2.05, 4.69) is 52.5 Å². The zero-order chi connectivity index (χ0) is 20.6. The van der Waals surface area contributed by atoms with E-state index < -0.39 is 6.04 Å². The molecule has 1 atom stereocenters. The van der Waals surface area contributed by atoms with Crippen LogP contribution in [0.3, 0.4) is 0 Å². The van der Waals surface area contributed by atoms with Crippen molar-refractivity contribution >= 4 is 55.1 Å². The van der Waals surface area contributed by atoms with Gasteiger partial charge in [0.15, 0.2) is 17.7 Å². The van der Waals surface area contributed by atoms with Crippen molar-refractivity contribution < 1.29 is 9.84 Å². The summed E-state index contributed by atoms with van der Waals surface area (Å²) in [5, 5.41) is 34.3. The van der Waals surface area contributed by atoms with Crippen LogP contribution in [0.4, 0.5) is 17.3 Å². The molecule has 12 heteroatoms. The van der Waals surface area contributed by atoms with Crippen LogP contribution in [-0.2, 0) is 0 Å². The van der Waals surface area contributed by atoms with Crippen molar-refractivity contribution in [2.75, 3.05) is 23.9 Å². The lowest BCUT2D eigenvalue weighted by Crippen LogP contribution is -2.33. The second-order valence-electron chi connectivity index (χ2n) is 5.54. The van der Waals surface area contributed by atoms with Gasteiger partial charge in [-0.2, -0.15) is 10.5 Å². The van der Waals surface area contributed by atoms with Gasteiger partial charge < -0.3 is 26.6 Å². The van der Waals surface area contributed by atoms with Crippen molar-refractivity contribution in [3.05, 3.63) is 31.7 Å². The first-order valence-corrected chi connectivity index (χ1v) is 9.16. The molecule has 0 saturated heterocycles. The van der Waals surface area contributed by atoms with Gasteiger partial charge in [0.1, 0.15) is 29.3 Å². The van der Waals surface area contributed by atoms with Gasteiger partial charge in [-0.3, -0.25) is 5.32 Å². The zero-order valence-corrected chi connectivity index (χ0v) is 17.4. The summed E-state index contributed by atoms with van der Waals surface area (Å²) < 4.78 is 6.29. The predicted octanol–water partition coefficient (Wildman–Crippen LogP) is 2.30. The predicted molar refractivity (Wildman–Crippen MR) is 109 cm³/mol. The van der Waals surface area contributed by atoms with Crippen molar-refractivity contribution in [2.45, 2.75) is 6.04 Å². The Kier molecular flexibility index (Phi) is 5.18. The number of phenols is 1. The van der Waals surface area contributed by atoms with E-state index in [1.54, 1.807) is 12.3 Å². The van der Waals surface area contributed by atoms with Crippen LogP contribution in [0.1, 0.15) is 22.7 Å². The number of methoxy groups -OCH3 is 1. The van der Waals surface area contributed by atoms with Crippen LogP contribution in [0.5, 0.6) is 11.5 Å². The highest BCUT2D eigenvalue weighted by Gasteiger charge is 2.34. The van der Waals surface area contributed by atoms with Crippen LogP contribution in [0.25, 0.3) is 0 Å². The van der Waals surface area contributed by atoms with Gasteiger partial charge in [0, 0.05) is 20.1 Å². The first-order chi connectivity index (χ1) is 13.3. The lowest BCUT2D eigenvalue weighted by Gasteiger charge is -2.27. The first-order valence-electron chi connectivity index (χ1n) is 7.57. The van der Waals surface area contributed by atoms with Gasteiger partial charge in [-0.25, -0.2) is 9.98 Å². The SMILES string of the molecule is COc1cc(Br)c(Br)c(C2N=C(NC#N)Nc3nc(N)c(C#N)c(N)c32)c1O. The number of guanidine groups is 1. The van der Waals surface area contributed by atoms with Crippen LogP contribution in [0, 0.1) is 22.8 Å². The van der Waals surface area contributed by atoms with E-state index >= 15 is 0 Å². The molecule has 1 aliphatic heterocycles. The molecule has 1 unspecified atom stereocenters. The topological polar surface area (TPSA) is 178 Å². The van der Waals surface area contributed by atoms with Crippen LogP contribution < -0.4 is 26.8 Å². The molecule has 0 saturated carbocycles. The number of hydrogen-bond donors (Lipinski definition) is 5. The monoisotopic (exact) mass is 506 g/mol. The van der Waals surface area contributed by atoms with Crippen LogP contribution in [0.2, 0.25) is 0 Å². The number of ether oxygens (including phenoxy) is 1. The van der Waals surface area contributed by atoms with Crippen molar-refractivity contribution in [3.63, 3.8) is 0 Å². The Bertz CT molecular complexity index is 1100. The molecule has 7 N–H and O–H groups in total. The maximum absolute atomic E-state index is 10.8. The Morgan fingerprint density at radius 2 is 2.04 bits per heavy atom. The van der Waals surface area contributed by atoms with Gasteiger partial charge in [-0.1, -0.05) is 0 Å². The molecule has 0 aliphatic carbocycles. The summed E-state index contributed by atoms with van der Waals surface area (Å²) in [4.78, 5) is 8.59. The number of nitriles is 2. The van der Waals surface area contributed by atoms with Crippen LogP contribution >= 0.6 is 31.9 Å². The standard InChI is InChI=1S/C16H12Br2N8O2/c1-28-7-2-6(17)10(18)8(13(7)27)12-9-11(21)5(3-19)14(22)25-15(9)26-16(24-12)23-4-20/h2,12,27H,1H3,(H6,21,22,23,24,25,26). The van der Waals surface area contributed by atoms with E-state index in [0.29, 0.717) is 20.1 Å². The summed E-state index contributed by atoms with van der Waals surface area (Å²) in [7, 11) is 1.41. The Balaban J connectivity index is 2.38. The lowest BCUT2D eigenvalue weighted by molar-refractivity contribution is 0.369. The van der Waals surface area contributed by atoms with Gasteiger partial charge >= 0.3 is 0 Å². The van der Waals surface area contributed by atoms with Crippen LogP contribution in [0.15, 0.2) is 20.0 Å². The average Bonchev–Trinajstić information content (AvgIpc) is 2.65. The van der Waals surface area contributed by atoms with Gasteiger partial charge in [-0.05, 0) is 37.9 Å². The molecular formula is C16H12Br2N8O2. The number of aliphatic imine (C=N–C) groups is 1. The van der Waals surface area contributed by atoms with Crippen molar-refractivity contribution in [1.82, 2.24) is 10.3 Å². The summed E-state index contributed by atoms with van der Waals surface area (Å²) in [5.41, 5.74) is 12.7. The normalized spacial score (nSPS) is 14.8.